The van der Waals surface area contributed by atoms with Gasteiger partial charge in [-0.2, -0.15) is 0 Å². The molecule has 0 saturated heterocycles. The van der Waals surface area contributed by atoms with Gasteiger partial charge in [0.05, 0.1) is 11.7 Å². The van der Waals surface area contributed by atoms with Crippen LogP contribution in [0, 0.1) is 6.92 Å². The van der Waals surface area contributed by atoms with Crippen LogP contribution in [0.25, 0.3) is 0 Å². The van der Waals surface area contributed by atoms with Crippen LogP contribution in [0.4, 0.5) is 5.82 Å². The molecule has 1 heterocycles. The number of rotatable bonds is 6. The van der Waals surface area contributed by atoms with Crippen LogP contribution in [0.2, 0.25) is 5.15 Å². The van der Waals surface area contributed by atoms with E-state index < -0.39 is 0 Å². The van der Waals surface area contributed by atoms with Gasteiger partial charge in [-0.25, -0.2) is 9.97 Å². The third-order valence-electron chi connectivity index (χ3n) is 2.22. The summed E-state index contributed by atoms with van der Waals surface area (Å²) in [7, 11) is 0. The van der Waals surface area contributed by atoms with E-state index in [1.165, 1.54) is 0 Å². The Morgan fingerprint density at radius 2 is 2.24 bits per heavy atom. The van der Waals surface area contributed by atoms with Crippen LogP contribution in [0.1, 0.15) is 35.9 Å². The van der Waals surface area contributed by atoms with Gasteiger partial charge in [-0.3, -0.25) is 4.79 Å². The second-order valence-corrected chi connectivity index (χ2v) is 4.22. The number of anilines is 1. The number of nitrogens with zero attached hydrogens (tertiary/aromatic N) is 2. The fourth-order valence-electron chi connectivity index (χ4n) is 1.39. The van der Waals surface area contributed by atoms with Crippen molar-refractivity contribution in [3.05, 3.63) is 16.5 Å². The number of aryl methyl sites for hydroxylation is 1. The zero-order valence-corrected chi connectivity index (χ0v) is 10.7. The van der Waals surface area contributed by atoms with Gasteiger partial charge in [0.15, 0.2) is 6.29 Å². The minimum absolute atomic E-state index is 0.158. The highest BCUT2D eigenvalue weighted by Gasteiger charge is 2.10. The fourth-order valence-corrected chi connectivity index (χ4v) is 1.65. The third-order valence-corrected chi connectivity index (χ3v) is 2.51. The molecule has 5 nitrogen and oxygen atoms in total. The molecule has 1 rings (SSSR count). The standard InChI is InChI=1S/C11H16ClN3O2/c1-7(17)4-3-5-13-11-9(6-16)10(12)14-8(2)15-11/h6-7,17H,3-5H2,1-2H3,(H,13,14,15). The molecule has 0 aliphatic heterocycles. The topological polar surface area (TPSA) is 75.1 Å². The van der Waals surface area contributed by atoms with Crippen LogP contribution in [0.15, 0.2) is 0 Å². The summed E-state index contributed by atoms with van der Waals surface area (Å²) >= 11 is 5.84. The molecule has 0 spiro atoms. The van der Waals surface area contributed by atoms with Gasteiger partial charge in [-0.15, -0.1) is 0 Å². The molecule has 1 aromatic rings. The van der Waals surface area contributed by atoms with Gasteiger partial charge in [0.2, 0.25) is 0 Å². The van der Waals surface area contributed by atoms with Gasteiger partial charge in [0, 0.05) is 6.54 Å². The Bertz CT molecular complexity index is 397. The highest BCUT2D eigenvalue weighted by atomic mass is 35.5. The average Bonchev–Trinajstić information content (AvgIpc) is 2.23. The second kappa shape index (κ2) is 6.51. The third kappa shape index (κ3) is 4.28. The maximum Gasteiger partial charge on any atom is 0.156 e. The lowest BCUT2D eigenvalue weighted by atomic mass is 10.2. The van der Waals surface area contributed by atoms with Gasteiger partial charge in [-0.1, -0.05) is 11.6 Å². The largest absolute Gasteiger partial charge is 0.393 e. The molecule has 0 aliphatic rings. The molecule has 0 aromatic carbocycles. The second-order valence-electron chi connectivity index (χ2n) is 3.86. The van der Waals surface area contributed by atoms with Crippen molar-refractivity contribution in [1.29, 1.82) is 0 Å². The van der Waals surface area contributed by atoms with E-state index in [0.29, 0.717) is 30.9 Å². The molecule has 2 N–H and O–H groups in total. The summed E-state index contributed by atoms with van der Waals surface area (Å²) in [4.78, 5) is 18.9. The van der Waals surface area contributed by atoms with Gasteiger partial charge in [0.25, 0.3) is 0 Å². The number of aldehydes is 1. The maximum absolute atomic E-state index is 10.9. The number of hydrogen-bond donors (Lipinski definition) is 2. The van der Waals surface area contributed by atoms with Crippen molar-refractivity contribution >= 4 is 23.7 Å². The first-order valence-corrected chi connectivity index (χ1v) is 5.83. The van der Waals surface area contributed by atoms with Crippen LogP contribution in [-0.2, 0) is 0 Å². The summed E-state index contributed by atoms with van der Waals surface area (Å²) in [5.74, 6) is 0.960. The Hall–Kier alpha value is -1.20. The SMILES string of the molecule is Cc1nc(Cl)c(C=O)c(NCCCC(C)O)n1. The van der Waals surface area contributed by atoms with Crippen LogP contribution in [-0.4, -0.2) is 34.0 Å². The number of halogens is 1. The molecule has 0 amide bonds. The van der Waals surface area contributed by atoms with E-state index in [1.807, 2.05) is 0 Å². The molecule has 0 saturated carbocycles. The maximum atomic E-state index is 10.9. The van der Waals surface area contributed by atoms with Crippen molar-refractivity contribution in [1.82, 2.24) is 9.97 Å². The van der Waals surface area contributed by atoms with E-state index in [9.17, 15) is 4.79 Å². The molecule has 0 fully saturated rings. The zero-order chi connectivity index (χ0) is 12.8. The molecule has 0 radical (unpaired) electrons. The first-order chi connectivity index (χ1) is 8.04. The van der Waals surface area contributed by atoms with Crippen LogP contribution >= 0.6 is 11.6 Å². The molecule has 6 heteroatoms. The minimum atomic E-state index is -0.321. The van der Waals surface area contributed by atoms with Crippen LogP contribution < -0.4 is 5.32 Å². The Morgan fingerprint density at radius 3 is 2.82 bits per heavy atom. The minimum Gasteiger partial charge on any atom is -0.393 e. The summed E-state index contributed by atoms with van der Waals surface area (Å²) in [5.41, 5.74) is 0.273. The molecular formula is C11H16ClN3O2. The first-order valence-electron chi connectivity index (χ1n) is 5.46. The lowest BCUT2D eigenvalue weighted by Gasteiger charge is -2.10. The van der Waals surface area contributed by atoms with Crippen LogP contribution in [0.5, 0.6) is 0 Å². The molecule has 1 atom stereocenters. The quantitative estimate of drug-likeness (QED) is 0.462. The van der Waals surface area contributed by atoms with Crippen molar-refractivity contribution in [3.8, 4) is 0 Å². The van der Waals surface area contributed by atoms with E-state index in [-0.39, 0.29) is 16.8 Å². The van der Waals surface area contributed by atoms with E-state index in [1.54, 1.807) is 13.8 Å². The van der Waals surface area contributed by atoms with Gasteiger partial charge >= 0.3 is 0 Å². The van der Waals surface area contributed by atoms with Crippen molar-refractivity contribution in [3.63, 3.8) is 0 Å². The summed E-state index contributed by atoms with van der Waals surface area (Å²) < 4.78 is 0. The number of nitrogens with one attached hydrogen (secondary N) is 1. The zero-order valence-electron chi connectivity index (χ0n) is 9.90. The Kier molecular flexibility index (Phi) is 5.31. The van der Waals surface area contributed by atoms with E-state index in [0.717, 1.165) is 6.42 Å². The van der Waals surface area contributed by atoms with E-state index in [2.05, 4.69) is 15.3 Å². The highest BCUT2D eigenvalue weighted by molar-refractivity contribution is 6.32. The monoisotopic (exact) mass is 257 g/mol. The van der Waals surface area contributed by atoms with Crippen molar-refractivity contribution in [2.45, 2.75) is 32.8 Å². The Morgan fingerprint density at radius 1 is 1.53 bits per heavy atom. The van der Waals surface area contributed by atoms with E-state index >= 15 is 0 Å². The van der Waals surface area contributed by atoms with Crippen molar-refractivity contribution < 1.29 is 9.90 Å². The molecule has 17 heavy (non-hydrogen) atoms. The number of carbonyl (C=O) groups is 1. The molecule has 0 bridgehead atoms. The normalized spacial score (nSPS) is 12.2. The Labute approximate surface area is 105 Å². The fraction of sp³-hybridized carbons (Fsp3) is 0.545. The number of aromatic nitrogens is 2. The highest BCUT2D eigenvalue weighted by Crippen LogP contribution is 2.18. The van der Waals surface area contributed by atoms with Gasteiger partial charge in [-0.05, 0) is 26.7 Å². The molecule has 1 aromatic heterocycles. The summed E-state index contributed by atoms with van der Waals surface area (Å²) in [6.07, 6.45) is 1.80. The number of aliphatic hydroxyl groups is 1. The lowest BCUT2D eigenvalue weighted by molar-refractivity contribution is 0.112. The molecule has 0 aliphatic carbocycles. The molecule has 1 unspecified atom stereocenters. The summed E-state index contributed by atoms with van der Waals surface area (Å²) in [5, 5.41) is 12.3. The Balaban J connectivity index is 2.66. The molecule has 94 valence electrons. The van der Waals surface area contributed by atoms with E-state index in [4.69, 9.17) is 16.7 Å². The first kappa shape index (κ1) is 13.9. The van der Waals surface area contributed by atoms with Crippen molar-refractivity contribution in [2.75, 3.05) is 11.9 Å². The summed E-state index contributed by atoms with van der Waals surface area (Å²) in [6.45, 7) is 4.07. The number of aliphatic hydroxyl groups excluding tert-OH is 1. The number of hydrogen-bond acceptors (Lipinski definition) is 5. The van der Waals surface area contributed by atoms with Crippen LogP contribution in [0.3, 0.4) is 0 Å². The van der Waals surface area contributed by atoms with Crippen molar-refractivity contribution in [2.24, 2.45) is 0 Å². The van der Waals surface area contributed by atoms with Gasteiger partial charge < -0.3 is 10.4 Å². The smallest absolute Gasteiger partial charge is 0.156 e. The van der Waals surface area contributed by atoms with Gasteiger partial charge in [0.1, 0.15) is 16.8 Å². The lowest BCUT2D eigenvalue weighted by Crippen LogP contribution is -2.10. The number of carbonyl (C=O) groups excluding carboxylic acids is 1. The predicted octanol–water partition coefficient (Wildman–Crippen LogP) is 1.82. The predicted molar refractivity (Wildman–Crippen MR) is 66.6 cm³/mol. The average molecular weight is 258 g/mol. The molecular weight excluding hydrogens is 242 g/mol. The summed E-state index contributed by atoms with van der Waals surface area (Å²) in [6, 6.07) is 0.